The maximum atomic E-state index is 14.4. The Morgan fingerprint density at radius 3 is 1.93 bits per heavy atom. The lowest BCUT2D eigenvalue weighted by Gasteiger charge is -2.46. The van der Waals surface area contributed by atoms with Crippen LogP contribution < -0.4 is 5.32 Å². The summed E-state index contributed by atoms with van der Waals surface area (Å²) in [7, 11) is 0. The van der Waals surface area contributed by atoms with Crippen LogP contribution in [0, 0.1) is 5.92 Å². The number of likely N-dealkylation sites (tertiary alicyclic amines) is 1. The van der Waals surface area contributed by atoms with Gasteiger partial charge in [0.1, 0.15) is 5.75 Å². The molecule has 3 heterocycles. The highest BCUT2D eigenvalue weighted by Gasteiger charge is 2.44. The SMILES string of the molecule is O=C1NC[C@H](Cc2ccccc2)N(C[C@@H]2CCCN2C[C@H](Cc2ccc(O)cc2)N2C[C@H](Cc3ccccc3)N(CC3CCCCCC3)C(=O)C2=O)C1=O. The number of phenols is 1. The van der Waals surface area contributed by atoms with Crippen molar-refractivity contribution in [1.29, 1.82) is 0 Å². The predicted octanol–water partition coefficient (Wildman–Crippen LogP) is 4.59. The number of piperazine rings is 2. The number of nitrogens with one attached hydrogen (secondary N) is 1. The van der Waals surface area contributed by atoms with E-state index >= 15 is 0 Å². The Bertz CT molecular complexity index is 1730. The summed E-state index contributed by atoms with van der Waals surface area (Å²) in [5.41, 5.74) is 3.23. The van der Waals surface area contributed by atoms with Crippen LogP contribution in [0.2, 0.25) is 0 Å². The maximum Gasteiger partial charge on any atom is 0.312 e. The van der Waals surface area contributed by atoms with Gasteiger partial charge in [-0.15, -0.1) is 0 Å². The van der Waals surface area contributed by atoms with Gasteiger partial charge in [-0.05, 0) is 86.2 Å². The van der Waals surface area contributed by atoms with Gasteiger partial charge in [0.05, 0.1) is 12.1 Å². The number of rotatable bonds is 13. The van der Waals surface area contributed by atoms with Crippen molar-refractivity contribution in [3.63, 3.8) is 0 Å². The van der Waals surface area contributed by atoms with Crippen LogP contribution in [0.4, 0.5) is 0 Å². The van der Waals surface area contributed by atoms with E-state index in [2.05, 4.69) is 34.5 Å². The summed E-state index contributed by atoms with van der Waals surface area (Å²) in [6.07, 6.45) is 10.6. The topological polar surface area (TPSA) is 114 Å². The monoisotopic (exact) mass is 733 g/mol. The van der Waals surface area contributed by atoms with Crippen LogP contribution in [0.15, 0.2) is 84.9 Å². The Morgan fingerprint density at radius 1 is 0.630 bits per heavy atom. The van der Waals surface area contributed by atoms with Crippen molar-refractivity contribution in [3.05, 3.63) is 102 Å². The van der Waals surface area contributed by atoms with Crippen molar-refractivity contribution in [2.45, 2.75) is 94.8 Å². The van der Waals surface area contributed by atoms with Gasteiger partial charge in [-0.1, -0.05) is 98.5 Å². The molecule has 7 rings (SSSR count). The number of carbonyl (C=O) groups excluding carboxylic acids is 4. The third-order valence-corrected chi connectivity index (χ3v) is 12.2. The molecule has 10 heteroatoms. The van der Waals surface area contributed by atoms with Crippen LogP contribution in [0.5, 0.6) is 5.75 Å². The van der Waals surface area contributed by atoms with Crippen LogP contribution in [-0.4, -0.2) is 112 Å². The van der Waals surface area contributed by atoms with E-state index in [0.29, 0.717) is 57.9 Å². The Morgan fingerprint density at radius 2 is 1.26 bits per heavy atom. The number of nitrogens with zero attached hydrogens (tertiary/aromatic N) is 4. The minimum atomic E-state index is -0.565. The van der Waals surface area contributed by atoms with E-state index in [1.807, 2.05) is 58.3 Å². The second-order valence-corrected chi connectivity index (χ2v) is 15.9. The number of aromatic hydroxyl groups is 1. The highest BCUT2D eigenvalue weighted by molar-refractivity contribution is 6.36. The van der Waals surface area contributed by atoms with Gasteiger partial charge in [-0.25, -0.2) is 0 Å². The predicted molar refractivity (Wildman–Crippen MR) is 207 cm³/mol. The van der Waals surface area contributed by atoms with Gasteiger partial charge in [-0.3, -0.25) is 24.1 Å². The molecular formula is C44H55N5O5. The van der Waals surface area contributed by atoms with Crippen LogP contribution >= 0.6 is 0 Å². The summed E-state index contributed by atoms with van der Waals surface area (Å²) in [4.78, 5) is 62.6. The average molecular weight is 734 g/mol. The molecule has 0 aromatic heterocycles. The molecule has 3 aromatic rings. The smallest absolute Gasteiger partial charge is 0.312 e. The van der Waals surface area contributed by atoms with Gasteiger partial charge >= 0.3 is 23.6 Å². The van der Waals surface area contributed by atoms with Crippen LogP contribution in [0.1, 0.15) is 68.1 Å². The first-order chi connectivity index (χ1) is 26.3. The zero-order valence-corrected chi connectivity index (χ0v) is 31.4. The maximum absolute atomic E-state index is 14.4. The molecule has 1 aliphatic carbocycles. The van der Waals surface area contributed by atoms with E-state index in [1.165, 1.54) is 25.7 Å². The summed E-state index contributed by atoms with van der Waals surface area (Å²) in [5.74, 6) is -1.34. The van der Waals surface area contributed by atoms with Gasteiger partial charge < -0.3 is 25.1 Å². The normalized spacial score (nSPS) is 23.8. The molecule has 4 aliphatic rings. The van der Waals surface area contributed by atoms with Gasteiger partial charge in [0.2, 0.25) is 0 Å². The first-order valence-electron chi connectivity index (χ1n) is 20.1. The van der Waals surface area contributed by atoms with E-state index in [0.717, 1.165) is 48.9 Å². The van der Waals surface area contributed by atoms with Gasteiger partial charge in [0, 0.05) is 44.8 Å². The lowest BCUT2D eigenvalue weighted by molar-refractivity contribution is -0.162. The highest BCUT2D eigenvalue weighted by Crippen LogP contribution is 2.29. The lowest BCUT2D eigenvalue weighted by atomic mass is 9.94. The van der Waals surface area contributed by atoms with E-state index in [9.17, 15) is 24.3 Å². The fraction of sp³-hybridized carbons (Fsp3) is 0.500. The summed E-state index contributed by atoms with van der Waals surface area (Å²) >= 11 is 0. The molecule has 4 atom stereocenters. The molecule has 0 bridgehead atoms. The molecule has 0 unspecified atom stereocenters. The molecule has 3 saturated heterocycles. The van der Waals surface area contributed by atoms with Gasteiger partial charge in [0.25, 0.3) is 0 Å². The molecule has 286 valence electrons. The third-order valence-electron chi connectivity index (χ3n) is 12.2. The van der Waals surface area contributed by atoms with E-state index in [1.54, 1.807) is 17.0 Å². The first-order valence-corrected chi connectivity index (χ1v) is 20.1. The Balaban J connectivity index is 1.14. The lowest BCUT2D eigenvalue weighted by Crippen LogP contribution is -2.65. The Labute approximate surface area is 319 Å². The summed E-state index contributed by atoms with van der Waals surface area (Å²) in [6.45, 7) is 3.22. The van der Waals surface area contributed by atoms with Gasteiger partial charge in [-0.2, -0.15) is 0 Å². The van der Waals surface area contributed by atoms with Crippen molar-refractivity contribution in [1.82, 2.24) is 24.9 Å². The molecule has 1 saturated carbocycles. The van der Waals surface area contributed by atoms with Crippen LogP contribution in [0.25, 0.3) is 0 Å². The summed E-state index contributed by atoms with van der Waals surface area (Å²) in [5, 5.41) is 12.9. The number of hydrogen-bond donors (Lipinski definition) is 2. The van der Waals surface area contributed by atoms with Crippen molar-refractivity contribution in [2.24, 2.45) is 5.92 Å². The van der Waals surface area contributed by atoms with Gasteiger partial charge in [0.15, 0.2) is 0 Å². The number of carbonyl (C=O) groups is 4. The molecule has 4 fully saturated rings. The molecule has 54 heavy (non-hydrogen) atoms. The van der Waals surface area contributed by atoms with Crippen molar-refractivity contribution < 1.29 is 24.3 Å². The van der Waals surface area contributed by atoms with Crippen molar-refractivity contribution in [2.75, 3.05) is 39.3 Å². The second kappa shape index (κ2) is 17.6. The molecule has 10 nitrogen and oxygen atoms in total. The fourth-order valence-electron chi connectivity index (χ4n) is 9.26. The standard InChI is InChI=1S/C44H55N5O5/c50-40-21-19-34(20-22-40)26-38(29-46-23-11-18-36(46)30-48-37(27-45-41(51)42(48)52)24-32-12-7-3-8-13-32)49-31-39(25-33-14-9-4-10-15-33)47(43(53)44(49)54)28-35-16-5-1-2-6-17-35/h3-4,7-10,12-15,19-22,35-39,50H,1-2,5-6,11,16-18,23-31H2,(H,45,51)/t36-,37-,38-,39-/m0/s1. The average Bonchev–Trinajstić information content (AvgIpc) is 3.45. The second-order valence-electron chi connectivity index (χ2n) is 15.9. The van der Waals surface area contributed by atoms with E-state index in [4.69, 9.17) is 0 Å². The largest absolute Gasteiger partial charge is 0.508 e. The molecule has 0 radical (unpaired) electrons. The van der Waals surface area contributed by atoms with Crippen LogP contribution in [-0.2, 0) is 38.4 Å². The molecule has 3 aliphatic heterocycles. The Kier molecular flexibility index (Phi) is 12.3. The minimum absolute atomic E-state index is 0.00267. The third kappa shape index (κ3) is 9.14. The molecular weight excluding hydrogens is 679 g/mol. The Hall–Kier alpha value is -4.70. The first kappa shape index (κ1) is 37.6. The number of phenolic OH excluding ortho intramolecular Hbond substituents is 1. The van der Waals surface area contributed by atoms with Crippen LogP contribution in [0.3, 0.4) is 0 Å². The molecule has 3 aromatic carbocycles. The molecule has 4 amide bonds. The number of benzene rings is 3. The zero-order chi connectivity index (χ0) is 37.4. The molecule has 2 N–H and O–H groups in total. The van der Waals surface area contributed by atoms with Crippen molar-refractivity contribution >= 4 is 23.6 Å². The minimum Gasteiger partial charge on any atom is -0.508 e. The molecule has 0 spiro atoms. The summed E-state index contributed by atoms with van der Waals surface area (Å²) < 4.78 is 0. The number of amides is 4. The van der Waals surface area contributed by atoms with E-state index in [-0.39, 0.29) is 29.9 Å². The van der Waals surface area contributed by atoms with Crippen molar-refractivity contribution in [3.8, 4) is 5.75 Å². The quantitative estimate of drug-likeness (QED) is 0.197. The highest BCUT2D eigenvalue weighted by atomic mass is 16.3. The number of hydrogen-bond acceptors (Lipinski definition) is 6. The fourth-order valence-corrected chi connectivity index (χ4v) is 9.26. The van der Waals surface area contributed by atoms with E-state index < -0.39 is 23.6 Å². The summed E-state index contributed by atoms with van der Waals surface area (Å²) in [6, 6.07) is 26.8. The zero-order valence-electron chi connectivity index (χ0n) is 31.4.